The van der Waals surface area contributed by atoms with Gasteiger partial charge in [0.1, 0.15) is 5.37 Å². The van der Waals surface area contributed by atoms with Gasteiger partial charge in [-0.15, -0.1) is 11.8 Å². The highest BCUT2D eigenvalue weighted by Gasteiger charge is 2.32. The number of halogens is 3. The van der Waals surface area contributed by atoms with Gasteiger partial charge in [-0.2, -0.15) is 0 Å². The number of nitrogens with zero attached hydrogens (tertiary/aromatic N) is 1. The highest BCUT2D eigenvalue weighted by Crippen LogP contribution is 2.39. The van der Waals surface area contributed by atoms with E-state index in [1.807, 2.05) is 12.1 Å². The number of nitrogens with one attached hydrogen (secondary N) is 1. The van der Waals surface area contributed by atoms with E-state index in [1.54, 1.807) is 41.3 Å². The van der Waals surface area contributed by atoms with Gasteiger partial charge in [0.15, 0.2) is 11.6 Å². The summed E-state index contributed by atoms with van der Waals surface area (Å²) in [6, 6.07) is 17.4. The molecular formula is C23H17ClF2N2O2S. The van der Waals surface area contributed by atoms with Crippen molar-refractivity contribution in [1.82, 2.24) is 4.90 Å². The molecule has 1 aliphatic heterocycles. The van der Waals surface area contributed by atoms with E-state index in [0.29, 0.717) is 22.9 Å². The molecule has 1 N–H and O–H groups in total. The van der Waals surface area contributed by atoms with Crippen LogP contribution < -0.4 is 5.32 Å². The Morgan fingerprint density at radius 1 is 1.03 bits per heavy atom. The average molecular weight is 459 g/mol. The number of amides is 2. The fraction of sp³-hybridized carbons (Fsp3) is 0.130. The van der Waals surface area contributed by atoms with Crippen LogP contribution in [-0.4, -0.2) is 22.5 Å². The lowest BCUT2D eigenvalue weighted by molar-refractivity contribution is -0.128. The molecule has 0 aromatic heterocycles. The minimum atomic E-state index is -1.03. The molecule has 1 atom stereocenters. The van der Waals surface area contributed by atoms with Crippen LogP contribution in [0.25, 0.3) is 0 Å². The summed E-state index contributed by atoms with van der Waals surface area (Å²) < 4.78 is 26.4. The lowest BCUT2D eigenvalue weighted by Gasteiger charge is -2.24. The molecule has 3 aromatic rings. The van der Waals surface area contributed by atoms with Crippen LogP contribution >= 0.6 is 23.4 Å². The molecule has 31 heavy (non-hydrogen) atoms. The quantitative estimate of drug-likeness (QED) is 0.538. The van der Waals surface area contributed by atoms with Crippen LogP contribution in [0.3, 0.4) is 0 Å². The first-order chi connectivity index (χ1) is 14.9. The van der Waals surface area contributed by atoms with Crippen LogP contribution in [0, 0.1) is 11.6 Å². The molecule has 0 bridgehead atoms. The van der Waals surface area contributed by atoms with Crippen molar-refractivity contribution in [3.8, 4) is 0 Å². The SMILES string of the molecule is O=C(Nc1ccc(F)c(F)c1)c1ccc([C@H]2SCC(=O)N2Cc2ccc(Cl)cc2)cc1. The molecule has 0 saturated carbocycles. The molecule has 0 spiro atoms. The molecule has 8 heteroatoms. The summed E-state index contributed by atoms with van der Waals surface area (Å²) in [5.74, 6) is -2.02. The first-order valence-electron chi connectivity index (χ1n) is 9.42. The third-order valence-corrected chi connectivity index (χ3v) is 6.38. The molecule has 1 heterocycles. The molecular weight excluding hydrogens is 442 g/mol. The minimum Gasteiger partial charge on any atom is -0.322 e. The lowest BCUT2D eigenvalue weighted by atomic mass is 10.1. The van der Waals surface area contributed by atoms with Gasteiger partial charge in [-0.05, 0) is 47.5 Å². The van der Waals surface area contributed by atoms with Crippen molar-refractivity contribution in [2.75, 3.05) is 11.1 Å². The van der Waals surface area contributed by atoms with E-state index < -0.39 is 17.5 Å². The van der Waals surface area contributed by atoms with E-state index in [0.717, 1.165) is 23.3 Å². The number of thioether (sulfide) groups is 1. The molecule has 0 unspecified atom stereocenters. The molecule has 2 amide bonds. The van der Waals surface area contributed by atoms with Crippen molar-refractivity contribution >= 4 is 40.9 Å². The van der Waals surface area contributed by atoms with Gasteiger partial charge in [0, 0.05) is 28.9 Å². The fourth-order valence-corrected chi connectivity index (χ4v) is 4.58. The number of carbonyl (C=O) groups is 2. The Balaban J connectivity index is 1.47. The largest absolute Gasteiger partial charge is 0.322 e. The molecule has 0 radical (unpaired) electrons. The van der Waals surface area contributed by atoms with Crippen LogP contribution in [0.4, 0.5) is 14.5 Å². The molecule has 4 nitrogen and oxygen atoms in total. The maximum absolute atomic E-state index is 13.3. The standard InChI is InChI=1S/C23H17ClF2N2O2S/c24-17-7-1-14(2-8-17)12-28-21(29)13-31-23(28)16-5-3-15(4-6-16)22(30)27-18-9-10-19(25)20(26)11-18/h1-11,23H,12-13H2,(H,27,30)/t23-/m1/s1. The van der Waals surface area contributed by atoms with Crippen molar-refractivity contribution in [2.45, 2.75) is 11.9 Å². The predicted octanol–water partition coefficient (Wildman–Crippen LogP) is 5.64. The van der Waals surface area contributed by atoms with Gasteiger partial charge in [0.25, 0.3) is 5.91 Å². The average Bonchev–Trinajstić information content (AvgIpc) is 3.12. The van der Waals surface area contributed by atoms with Gasteiger partial charge < -0.3 is 10.2 Å². The Kier molecular flexibility index (Phi) is 6.25. The van der Waals surface area contributed by atoms with Crippen molar-refractivity contribution in [3.05, 3.63) is 100 Å². The Hall–Kier alpha value is -2.90. The van der Waals surface area contributed by atoms with E-state index in [1.165, 1.54) is 17.8 Å². The Morgan fingerprint density at radius 3 is 2.42 bits per heavy atom. The zero-order valence-electron chi connectivity index (χ0n) is 16.1. The number of hydrogen-bond donors (Lipinski definition) is 1. The summed E-state index contributed by atoms with van der Waals surface area (Å²) in [6.45, 7) is 0.464. The van der Waals surface area contributed by atoms with Crippen molar-refractivity contribution in [2.24, 2.45) is 0 Å². The van der Waals surface area contributed by atoms with Crippen LogP contribution in [0.15, 0.2) is 66.7 Å². The molecule has 158 valence electrons. The topological polar surface area (TPSA) is 49.4 Å². The summed E-state index contributed by atoms with van der Waals surface area (Å²) in [7, 11) is 0. The van der Waals surface area contributed by atoms with Gasteiger partial charge in [-0.3, -0.25) is 9.59 Å². The molecule has 1 aliphatic rings. The van der Waals surface area contributed by atoms with E-state index in [4.69, 9.17) is 11.6 Å². The molecule has 3 aromatic carbocycles. The maximum Gasteiger partial charge on any atom is 0.255 e. The highest BCUT2D eigenvalue weighted by atomic mass is 35.5. The second-order valence-corrected chi connectivity index (χ2v) is 8.52. The van der Waals surface area contributed by atoms with Crippen LogP contribution in [-0.2, 0) is 11.3 Å². The Morgan fingerprint density at radius 2 is 1.74 bits per heavy atom. The van der Waals surface area contributed by atoms with Crippen molar-refractivity contribution in [1.29, 1.82) is 0 Å². The second kappa shape index (κ2) is 9.08. The number of carbonyl (C=O) groups excluding carboxylic acids is 2. The Bertz CT molecular complexity index is 1120. The molecule has 0 aliphatic carbocycles. The van der Waals surface area contributed by atoms with Crippen LogP contribution in [0.1, 0.15) is 26.9 Å². The monoisotopic (exact) mass is 458 g/mol. The first-order valence-corrected chi connectivity index (χ1v) is 10.9. The fourth-order valence-electron chi connectivity index (χ4n) is 3.26. The Labute approximate surface area is 187 Å². The van der Waals surface area contributed by atoms with Gasteiger partial charge >= 0.3 is 0 Å². The normalized spacial score (nSPS) is 15.9. The lowest BCUT2D eigenvalue weighted by Crippen LogP contribution is -2.27. The van der Waals surface area contributed by atoms with Gasteiger partial charge in [0.2, 0.25) is 5.91 Å². The third-order valence-electron chi connectivity index (χ3n) is 4.87. The highest BCUT2D eigenvalue weighted by molar-refractivity contribution is 8.00. The second-order valence-electron chi connectivity index (χ2n) is 7.02. The zero-order valence-corrected chi connectivity index (χ0v) is 17.7. The zero-order chi connectivity index (χ0) is 22.0. The summed E-state index contributed by atoms with van der Waals surface area (Å²) in [6.07, 6.45) is 0. The van der Waals surface area contributed by atoms with Crippen molar-refractivity contribution < 1.29 is 18.4 Å². The van der Waals surface area contributed by atoms with Gasteiger partial charge in [-0.1, -0.05) is 35.9 Å². The number of rotatable bonds is 5. The van der Waals surface area contributed by atoms with Crippen LogP contribution in [0.5, 0.6) is 0 Å². The number of hydrogen-bond acceptors (Lipinski definition) is 3. The van der Waals surface area contributed by atoms with E-state index in [2.05, 4.69) is 5.32 Å². The van der Waals surface area contributed by atoms with E-state index in [9.17, 15) is 18.4 Å². The molecule has 1 saturated heterocycles. The van der Waals surface area contributed by atoms with Crippen LogP contribution in [0.2, 0.25) is 5.02 Å². The summed E-state index contributed by atoms with van der Waals surface area (Å²) >= 11 is 7.46. The van der Waals surface area contributed by atoms with E-state index >= 15 is 0 Å². The summed E-state index contributed by atoms with van der Waals surface area (Å²) in [5, 5.41) is 3.02. The van der Waals surface area contributed by atoms with Gasteiger partial charge in [-0.25, -0.2) is 8.78 Å². The minimum absolute atomic E-state index is 0.0464. The smallest absolute Gasteiger partial charge is 0.255 e. The van der Waals surface area contributed by atoms with Crippen molar-refractivity contribution in [3.63, 3.8) is 0 Å². The molecule has 4 rings (SSSR count). The summed E-state index contributed by atoms with van der Waals surface area (Å²) in [4.78, 5) is 26.6. The summed E-state index contributed by atoms with van der Waals surface area (Å²) in [5.41, 5.74) is 2.41. The first kappa shape index (κ1) is 21.3. The predicted molar refractivity (Wildman–Crippen MR) is 118 cm³/mol. The number of anilines is 1. The third kappa shape index (κ3) is 4.89. The number of benzene rings is 3. The maximum atomic E-state index is 13.3. The van der Waals surface area contributed by atoms with E-state index in [-0.39, 0.29) is 17.0 Å². The van der Waals surface area contributed by atoms with Gasteiger partial charge in [0.05, 0.1) is 5.75 Å². The molecule has 1 fully saturated rings.